The van der Waals surface area contributed by atoms with Crippen molar-refractivity contribution < 1.29 is 9.13 Å². The van der Waals surface area contributed by atoms with Crippen LogP contribution >= 0.6 is 23.4 Å². The fourth-order valence-corrected chi connectivity index (χ4v) is 1.62. The van der Waals surface area contributed by atoms with Crippen LogP contribution in [0.2, 0.25) is 5.28 Å². The van der Waals surface area contributed by atoms with E-state index in [1.807, 2.05) is 0 Å². The molecule has 0 aliphatic rings. The Labute approximate surface area is 84.7 Å². The molecule has 0 saturated carbocycles. The molecule has 0 radical (unpaired) electrons. The van der Waals surface area contributed by atoms with Crippen molar-refractivity contribution in [3.05, 3.63) is 17.3 Å². The molecule has 0 aromatic carbocycles. The highest BCUT2D eigenvalue weighted by Gasteiger charge is 2.05. The Morgan fingerprint density at radius 3 is 3.15 bits per heavy atom. The van der Waals surface area contributed by atoms with Gasteiger partial charge in [-0.05, 0) is 11.6 Å². The van der Waals surface area contributed by atoms with Crippen molar-refractivity contribution >= 4 is 23.4 Å². The average molecular weight is 223 g/mol. The van der Waals surface area contributed by atoms with E-state index < -0.39 is 5.82 Å². The maximum absolute atomic E-state index is 13.0. The van der Waals surface area contributed by atoms with Gasteiger partial charge in [0.05, 0.1) is 12.8 Å². The average Bonchev–Trinajstić information content (AvgIpc) is 2.11. The van der Waals surface area contributed by atoms with Crippen molar-refractivity contribution in [2.45, 2.75) is 5.03 Å². The number of thioether (sulfide) groups is 1. The molecule has 0 aliphatic carbocycles. The molecule has 0 bridgehead atoms. The third-order valence-corrected chi connectivity index (χ3v) is 2.32. The summed E-state index contributed by atoms with van der Waals surface area (Å²) in [6.45, 7) is 0.547. The first-order valence-electron chi connectivity index (χ1n) is 3.54. The van der Waals surface area contributed by atoms with Crippen molar-refractivity contribution in [3.63, 3.8) is 0 Å². The lowest BCUT2D eigenvalue weighted by atomic mass is 10.6. The topological polar surface area (TPSA) is 35.0 Å². The smallest absolute Gasteiger partial charge is 0.223 e. The van der Waals surface area contributed by atoms with E-state index in [1.165, 1.54) is 11.8 Å². The molecule has 0 amide bonds. The molecule has 0 N–H and O–H groups in total. The van der Waals surface area contributed by atoms with E-state index in [1.54, 1.807) is 7.11 Å². The minimum Gasteiger partial charge on any atom is -0.384 e. The SMILES string of the molecule is COCCSc1nc(Cl)ncc1F. The summed E-state index contributed by atoms with van der Waals surface area (Å²) in [5.74, 6) is 0.186. The van der Waals surface area contributed by atoms with Crippen LogP contribution in [0.3, 0.4) is 0 Å². The molecule has 1 aromatic heterocycles. The Balaban J connectivity index is 2.59. The summed E-state index contributed by atoms with van der Waals surface area (Å²) in [5.41, 5.74) is 0. The Morgan fingerprint density at radius 2 is 2.46 bits per heavy atom. The molecule has 72 valence electrons. The largest absolute Gasteiger partial charge is 0.384 e. The van der Waals surface area contributed by atoms with Crippen molar-refractivity contribution in [1.82, 2.24) is 9.97 Å². The van der Waals surface area contributed by atoms with Crippen molar-refractivity contribution in [1.29, 1.82) is 0 Å². The monoisotopic (exact) mass is 222 g/mol. The number of hydrogen-bond donors (Lipinski definition) is 0. The minimum atomic E-state index is -0.453. The van der Waals surface area contributed by atoms with Gasteiger partial charge >= 0.3 is 0 Å². The van der Waals surface area contributed by atoms with Gasteiger partial charge in [-0.3, -0.25) is 0 Å². The molecule has 3 nitrogen and oxygen atoms in total. The summed E-state index contributed by atoms with van der Waals surface area (Å²) in [6, 6.07) is 0. The highest BCUT2D eigenvalue weighted by atomic mass is 35.5. The molecule has 0 spiro atoms. The zero-order valence-corrected chi connectivity index (χ0v) is 8.53. The van der Waals surface area contributed by atoms with Crippen LogP contribution < -0.4 is 0 Å². The Kier molecular flexibility index (Phi) is 4.41. The Bertz CT molecular complexity index is 287. The summed E-state index contributed by atoms with van der Waals surface area (Å²) in [7, 11) is 1.59. The van der Waals surface area contributed by atoms with Gasteiger partial charge in [0.25, 0.3) is 0 Å². The number of halogens is 2. The highest BCUT2D eigenvalue weighted by molar-refractivity contribution is 7.99. The molecule has 0 unspecified atom stereocenters. The predicted octanol–water partition coefficient (Wildman–Crippen LogP) is 2.01. The first kappa shape index (κ1) is 10.7. The van der Waals surface area contributed by atoms with Crippen LogP contribution in [0.1, 0.15) is 0 Å². The van der Waals surface area contributed by atoms with Crippen LogP contribution in [0.4, 0.5) is 4.39 Å². The summed E-state index contributed by atoms with van der Waals surface area (Å²) in [5, 5.41) is 0.318. The van der Waals surface area contributed by atoms with Gasteiger partial charge in [0.2, 0.25) is 5.28 Å². The number of methoxy groups -OCH3 is 1. The molecule has 0 saturated heterocycles. The van der Waals surface area contributed by atoms with Crippen LogP contribution in [0.25, 0.3) is 0 Å². The third-order valence-electron chi connectivity index (χ3n) is 1.21. The highest BCUT2D eigenvalue weighted by Crippen LogP contribution is 2.19. The lowest BCUT2D eigenvalue weighted by Crippen LogP contribution is -1.95. The normalized spacial score (nSPS) is 10.4. The summed E-state index contributed by atoms with van der Waals surface area (Å²) in [6.07, 6.45) is 1.06. The van der Waals surface area contributed by atoms with E-state index in [0.717, 1.165) is 6.20 Å². The van der Waals surface area contributed by atoms with Gasteiger partial charge in [-0.2, -0.15) is 0 Å². The fraction of sp³-hybridized carbons (Fsp3) is 0.429. The number of ether oxygens (including phenoxy) is 1. The quantitative estimate of drug-likeness (QED) is 0.338. The second kappa shape index (κ2) is 5.36. The van der Waals surface area contributed by atoms with Gasteiger partial charge in [-0.1, -0.05) is 0 Å². The molecule has 0 fully saturated rings. The van der Waals surface area contributed by atoms with Crippen LogP contribution in [-0.4, -0.2) is 29.4 Å². The molecule has 13 heavy (non-hydrogen) atoms. The Hall–Kier alpha value is -0.390. The molecule has 1 aromatic rings. The zero-order chi connectivity index (χ0) is 9.68. The van der Waals surface area contributed by atoms with Crippen LogP contribution in [0.15, 0.2) is 11.2 Å². The number of hydrogen-bond acceptors (Lipinski definition) is 4. The van der Waals surface area contributed by atoms with Gasteiger partial charge in [0.1, 0.15) is 5.03 Å². The molecule has 1 heterocycles. The first-order chi connectivity index (χ1) is 6.24. The first-order valence-corrected chi connectivity index (χ1v) is 4.90. The summed E-state index contributed by atoms with van der Waals surface area (Å²) < 4.78 is 17.8. The van der Waals surface area contributed by atoms with Crippen LogP contribution in [0.5, 0.6) is 0 Å². The molecule has 1 rings (SSSR count). The lowest BCUT2D eigenvalue weighted by Gasteiger charge is -2.00. The van der Waals surface area contributed by atoms with E-state index in [4.69, 9.17) is 16.3 Å². The van der Waals surface area contributed by atoms with E-state index in [-0.39, 0.29) is 10.3 Å². The van der Waals surface area contributed by atoms with E-state index >= 15 is 0 Å². The number of nitrogens with zero attached hydrogens (tertiary/aromatic N) is 2. The second-order valence-electron chi connectivity index (χ2n) is 2.13. The zero-order valence-electron chi connectivity index (χ0n) is 6.96. The molecule has 6 heteroatoms. The molecular weight excluding hydrogens is 215 g/mol. The van der Waals surface area contributed by atoms with Gasteiger partial charge in [-0.15, -0.1) is 11.8 Å². The van der Waals surface area contributed by atoms with Gasteiger partial charge in [0, 0.05) is 12.9 Å². The predicted molar refractivity (Wildman–Crippen MR) is 49.6 cm³/mol. The van der Waals surface area contributed by atoms with Crippen LogP contribution in [-0.2, 0) is 4.74 Å². The minimum absolute atomic E-state index is 0.0568. The summed E-state index contributed by atoms with van der Waals surface area (Å²) >= 11 is 6.75. The number of aromatic nitrogens is 2. The molecule has 0 aliphatic heterocycles. The van der Waals surface area contributed by atoms with Gasteiger partial charge in [-0.25, -0.2) is 14.4 Å². The molecular formula is C7H8ClFN2OS. The maximum atomic E-state index is 13.0. The van der Waals surface area contributed by atoms with E-state index in [9.17, 15) is 4.39 Å². The van der Waals surface area contributed by atoms with E-state index in [0.29, 0.717) is 12.4 Å². The number of rotatable bonds is 4. The summed E-state index contributed by atoms with van der Waals surface area (Å²) in [4.78, 5) is 7.23. The lowest BCUT2D eigenvalue weighted by molar-refractivity contribution is 0.218. The van der Waals surface area contributed by atoms with Gasteiger partial charge < -0.3 is 4.74 Å². The van der Waals surface area contributed by atoms with Crippen molar-refractivity contribution in [3.8, 4) is 0 Å². The van der Waals surface area contributed by atoms with Gasteiger partial charge in [0.15, 0.2) is 5.82 Å². The fourth-order valence-electron chi connectivity index (χ4n) is 0.654. The van der Waals surface area contributed by atoms with Crippen molar-refractivity contribution in [2.75, 3.05) is 19.5 Å². The standard InChI is InChI=1S/C7H8ClFN2OS/c1-12-2-3-13-6-5(9)4-10-7(8)11-6/h4H,2-3H2,1H3. The molecule has 0 atom stereocenters. The third kappa shape index (κ3) is 3.46. The second-order valence-corrected chi connectivity index (χ2v) is 3.56. The van der Waals surface area contributed by atoms with E-state index in [2.05, 4.69) is 9.97 Å². The maximum Gasteiger partial charge on any atom is 0.223 e. The van der Waals surface area contributed by atoms with Crippen molar-refractivity contribution in [2.24, 2.45) is 0 Å². The Morgan fingerprint density at radius 1 is 1.69 bits per heavy atom. The van der Waals surface area contributed by atoms with Crippen LogP contribution in [0, 0.1) is 5.82 Å².